The largest absolute Gasteiger partial charge is 0.453 e. The van der Waals surface area contributed by atoms with E-state index >= 15 is 0 Å². The molecule has 2 saturated heterocycles. The SMILES string of the molecule is COC(=O)NC(C(=O)N1CCCC1c1nc2c([nH]1)CCc1cc(C#Cc3ccc(-c4cnc(C5CCCN5C(O)C(NC(=O)OC)C(C)C)[nH]4)nc3)ccc1-2)C(C)C. The number of fused-ring (bicyclic) bond motifs is 3. The number of nitrogens with one attached hydrogen (secondary N) is 4. The lowest BCUT2D eigenvalue weighted by atomic mass is 9.91. The molecule has 0 spiro atoms. The third-order valence-electron chi connectivity index (χ3n) is 11.5. The van der Waals surface area contributed by atoms with E-state index in [-0.39, 0.29) is 29.8 Å². The molecule has 3 aliphatic rings. The van der Waals surface area contributed by atoms with Crippen LogP contribution in [-0.4, -0.2) is 104 Å². The van der Waals surface area contributed by atoms with Gasteiger partial charge < -0.3 is 40.1 Å². The van der Waals surface area contributed by atoms with Gasteiger partial charge in [-0.05, 0) is 80.2 Å². The quantitative estimate of drug-likeness (QED) is 0.133. The molecule has 2 fully saturated rings. The summed E-state index contributed by atoms with van der Waals surface area (Å²) in [6.07, 6.45) is 6.42. The van der Waals surface area contributed by atoms with Crippen molar-refractivity contribution in [3.63, 3.8) is 0 Å². The number of amides is 3. The predicted molar refractivity (Wildman–Crippen MR) is 216 cm³/mol. The Kier molecular flexibility index (Phi) is 12.2. The van der Waals surface area contributed by atoms with E-state index in [2.05, 4.69) is 54.5 Å². The highest BCUT2D eigenvalue weighted by atomic mass is 16.5. The highest BCUT2D eigenvalue weighted by Gasteiger charge is 2.40. The molecule has 58 heavy (non-hydrogen) atoms. The summed E-state index contributed by atoms with van der Waals surface area (Å²) in [4.78, 5) is 62.8. The lowest BCUT2D eigenvalue weighted by Crippen LogP contribution is -2.54. The lowest BCUT2D eigenvalue weighted by Gasteiger charge is -2.35. The number of aliphatic hydroxyl groups is 1. The van der Waals surface area contributed by atoms with Gasteiger partial charge in [0.1, 0.15) is 23.9 Å². The Balaban J connectivity index is 1.01. The van der Waals surface area contributed by atoms with Gasteiger partial charge in [-0.3, -0.25) is 14.7 Å². The van der Waals surface area contributed by atoms with Crippen molar-refractivity contribution in [2.75, 3.05) is 27.3 Å². The number of aryl methyl sites for hydroxylation is 2. The number of aromatic nitrogens is 5. The number of carbonyl (C=O) groups is 3. The number of ether oxygens (including phenoxy) is 2. The number of hydrogen-bond acceptors (Lipinski definition) is 10. The topological polar surface area (TPSA) is 191 Å². The number of rotatable bonds is 10. The average Bonchev–Trinajstić information content (AvgIpc) is 4.06. The van der Waals surface area contributed by atoms with Crippen LogP contribution in [-0.2, 0) is 27.1 Å². The summed E-state index contributed by atoms with van der Waals surface area (Å²) >= 11 is 0. The van der Waals surface area contributed by atoms with Crippen LogP contribution in [0, 0.1) is 23.7 Å². The molecule has 3 aromatic heterocycles. The van der Waals surface area contributed by atoms with Gasteiger partial charge in [0.05, 0.1) is 55.6 Å². The number of hydrogen-bond donors (Lipinski definition) is 5. The maximum Gasteiger partial charge on any atom is 0.407 e. The molecule has 0 saturated carbocycles. The number of methoxy groups -OCH3 is 2. The highest BCUT2D eigenvalue weighted by Crippen LogP contribution is 2.38. The van der Waals surface area contributed by atoms with Crippen LogP contribution < -0.4 is 10.6 Å². The van der Waals surface area contributed by atoms with E-state index in [1.165, 1.54) is 19.8 Å². The second-order valence-corrected chi connectivity index (χ2v) is 15.9. The Hall–Kier alpha value is -5.72. The summed E-state index contributed by atoms with van der Waals surface area (Å²) in [5.41, 5.74) is 7.39. The monoisotopic (exact) mass is 791 g/mol. The molecule has 5 unspecified atom stereocenters. The summed E-state index contributed by atoms with van der Waals surface area (Å²) in [7, 11) is 2.61. The summed E-state index contributed by atoms with van der Waals surface area (Å²) < 4.78 is 9.57. The fourth-order valence-corrected chi connectivity index (χ4v) is 8.35. The first-order valence-corrected chi connectivity index (χ1v) is 20.1. The van der Waals surface area contributed by atoms with E-state index in [1.54, 1.807) is 12.4 Å². The molecule has 7 rings (SSSR count). The summed E-state index contributed by atoms with van der Waals surface area (Å²) in [5, 5.41) is 16.8. The molecular formula is C43H53N9O6. The number of nitrogens with zero attached hydrogens (tertiary/aromatic N) is 5. The van der Waals surface area contributed by atoms with E-state index in [9.17, 15) is 19.5 Å². The average molecular weight is 792 g/mol. The van der Waals surface area contributed by atoms with Crippen LogP contribution in [0.15, 0.2) is 42.7 Å². The van der Waals surface area contributed by atoms with Gasteiger partial charge in [-0.2, -0.15) is 0 Å². The molecule has 0 bridgehead atoms. The van der Waals surface area contributed by atoms with Crippen LogP contribution >= 0.6 is 0 Å². The molecule has 5 N–H and O–H groups in total. The maximum atomic E-state index is 13.7. The summed E-state index contributed by atoms with van der Waals surface area (Å²) in [6.45, 7) is 9.00. The van der Waals surface area contributed by atoms with E-state index < -0.39 is 30.5 Å². The molecule has 5 heterocycles. The fourth-order valence-electron chi connectivity index (χ4n) is 8.35. The number of carbonyl (C=O) groups excluding carboxylic acids is 3. The Labute approximate surface area is 338 Å². The zero-order chi connectivity index (χ0) is 41.1. The second-order valence-electron chi connectivity index (χ2n) is 15.9. The summed E-state index contributed by atoms with van der Waals surface area (Å²) in [5.74, 6) is 7.83. The number of H-pyrrole nitrogens is 2. The van der Waals surface area contributed by atoms with Crippen molar-refractivity contribution in [2.24, 2.45) is 11.8 Å². The van der Waals surface area contributed by atoms with Crippen molar-refractivity contribution < 1.29 is 29.0 Å². The van der Waals surface area contributed by atoms with Crippen LogP contribution in [0.2, 0.25) is 0 Å². The molecule has 2 aliphatic heterocycles. The number of aromatic amines is 2. The second kappa shape index (κ2) is 17.4. The molecule has 15 nitrogen and oxygen atoms in total. The molecule has 4 aromatic rings. The van der Waals surface area contributed by atoms with Crippen molar-refractivity contribution in [1.29, 1.82) is 0 Å². The Bertz CT molecular complexity index is 2180. The number of alkyl carbamates (subject to hydrolysis) is 2. The Morgan fingerprint density at radius 3 is 2.29 bits per heavy atom. The van der Waals surface area contributed by atoms with Gasteiger partial charge in [0, 0.05) is 41.7 Å². The highest BCUT2D eigenvalue weighted by molar-refractivity contribution is 5.86. The van der Waals surface area contributed by atoms with Gasteiger partial charge in [-0.15, -0.1) is 0 Å². The zero-order valence-electron chi connectivity index (χ0n) is 34.0. The van der Waals surface area contributed by atoms with Crippen molar-refractivity contribution in [3.8, 4) is 34.5 Å². The van der Waals surface area contributed by atoms with Gasteiger partial charge in [-0.1, -0.05) is 45.6 Å². The van der Waals surface area contributed by atoms with E-state index in [0.717, 1.165) is 89.6 Å². The van der Waals surface area contributed by atoms with E-state index in [1.807, 2.05) is 55.7 Å². The minimum absolute atomic E-state index is 0.0160. The lowest BCUT2D eigenvalue weighted by molar-refractivity contribution is -0.135. The number of pyridine rings is 1. The van der Waals surface area contributed by atoms with Gasteiger partial charge >= 0.3 is 12.2 Å². The van der Waals surface area contributed by atoms with Crippen LogP contribution in [0.4, 0.5) is 9.59 Å². The molecule has 3 amide bonds. The number of likely N-dealkylation sites (tertiary alicyclic amines) is 2. The Morgan fingerprint density at radius 1 is 0.845 bits per heavy atom. The van der Waals surface area contributed by atoms with Gasteiger partial charge in [0.2, 0.25) is 5.91 Å². The maximum absolute atomic E-state index is 13.7. The normalized spacial score (nSPS) is 19.2. The number of aliphatic hydroxyl groups excluding tert-OH is 1. The third kappa shape index (κ3) is 8.44. The number of imidazole rings is 2. The minimum Gasteiger partial charge on any atom is -0.453 e. The van der Waals surface area contributed by atoms with Gasteiger partial charge in [0.15, 0.2) is 0 Å². The first-order chi connectivity index (χ1) is 27.9. The van der Waals surface area contributed by atoms with Crippen LogP contribution in [0.3, 0.4) is 0 Å². The Morgan fingerprint density at radius 2 is 1.57 bits per heavy atom. The van der Waals surface area contributed by atoms with Crippen LogP contribution in [0.5, 0.6) is 0 Å². The minimum atomic E-state index is -0.906. The molecule has 0 radical (unpaired) electrons. The molecule has 15 heteroatoms. The number of benzene rings is 1. The van der Waals surface area contributed by atoms with E-state index in [0.29, 0.717) is 13.1 Å². The van der Waals surface area contributed by atoms with E-state index in [4.69, 9.17) is 14.5 Å². The predicted octanol–water partition coefficient (Wildman–Crippen LogP) is 5.24. The standard InChI is InChI=1S/C43H53N9O6/c1-24(2)35(49-42(55)57-5)40(53)51-19-7-9-33(51)38-45-23-32(47-38)30-17-14-27(22-44-30)12-11-26-13-16-29-28(21-26)15-18-31-37(29)48-39(46-31)34-10-8-20-52(34)41(54)36(25(3)4)50-43(56)58-6/h13-14,16-17,21-25,33-36,40,53H,7-10,15,18-20H2,1-6H3,(H,45,47)(H,46,48)(H,49,55)(H,50,56). The molecule has 5 atom stereocenters. The third-order valence-corrected chi connectivity index (χ3v) is 11.5. The zero-order valence-corrected chi connectivity index (χ0v) is 34.0. The van der Waals surface area contributed by atoms with Crippen LogP contribution in [0.1, 0.15) is 99.5 Å². The van der Waals surface area contributed by atoms with Crippen molar-refractivity contribution in [2.45, 2.75) is 96.6 Å². The molecular weight excluding hydrogens is 739 g/mol. The first-order valence-electron chi connectivity index (χ1n) is 20.1. The molecule has 306 valence electrons. The van der Waals surface area contributed by atoms with Crippen LogP contribution in [0.25, 0.3) is 22.6 Å². The molecule has 1 aromatic carbocycles. The van der Waals surface area contributed by atoms with Gasteiger partial charge in [-0.25, -0.2) is 19.6 Å². The van der Waals surface area contributed by atoms with Crippen molar-refractivity contribution in [1.82, 2.24) is 45.4 Å². The van der Waals surface area contributed by atoms with Gasteiger partial charge in [0.25, 0.3) is 0 Å². The molecule has 1 aliphatic carbocycles. The van der Waals surface area contributed by atoms with Crippen molar-refractivity contribution in [3.05, 3.63) is 76.8 Å². The smallest absolute Gasteiger partial charge is 0.407 e. The fraction of sp³-hybridized carbons (Fsp3) is 0.488. The summed E-state index contributed by atoms with van der Waals surface area (Å²) in [6, 6.07) is 8.55. The van der Waals surface area contributed by atoms with Crippen molar-refractivity contribution >= 4 is 18.1 Å². The first kappa shape index (κ1) is 40.5.